The number of nitrogens with zero attached hydrogens (tertiary/aromatic N) is 3. The molecule has 1 amide bonds. The Balaban J connectivity index is 1.58. The predicted molar refractivity (Wildman–Crippen MR) is 118 cm³/mol. The summed E-state index contributed by atoms with van der Waals surface area (Å²) in [7, 11) is 1.32. The Morgan fingerprint density at radius 1 is 1.10 bits per heavy atom. The number of thioether (sulfide) groups is 1. The molecule has 0 saturated carbocycles. The number of carbonyl (C=O) groups excluding carboxylic acids is 2. The number of hydrogen-bond donors (Lipinski definition) is 1. The Labute approximate surface area is 185 Å². The summed E-state index contributed by atoms with van der Waals surface area (Å²) >= 11 is 1.30. The number of amides is 1. The van der Waals surface area contributed by atoms with Crippen LogP contribution < -0.4 is 10.1 Å². The third-order valence-electron chi connectivity index (χ3n) is 4.40. The zero-order valence-electron chi connectivity index (χ0n) is 17.6. The molecule has 0 unspecified atom stereocenters. The van der Waals surface area contributed by atoms with Crippen LogP contribution in [0.1, 0.15) is 36.1 Å². The number of anilines is 1. The van der Waals surface area contributed by atoms with E-state index in [4.69, 9.17) is 4.74 Å². The highest BCUT2D eigenvalue weighted by atomic mass is 32.2. The molecule has 8 nitrogen and oxygen atoms in total. The van der Waals surface area contributed by atoms with Gasteiger partial charge in [-0.1, -0.05) is 30.0 Å². The summed E-state index contributed by atoms with van der Waals surface area (Å²) in [5, 5.41) is 12.0. The lowest BCUT2D eigenvalue weighted by molar-refractivity contribution is -0.113. The molecule has 1 heterocycles. The fourth-order valence-electron chi connectivity index (χ4n) is 2.90. The molecule has 3 rings (SSSR count). The van der Waals surface area contributed by atoms with E-state index in [9.17, 15) is 9.59 Å². The van der Waals surface area contributed by atoms with Crippen molar-refractivity contribution in [1.29, 1.82) is 0 Å². The molecule has 0 aliphatic carbocycles. The zero-order valence-corrected chi connectivity index (χ0v) is 18.4. The van der Waals surface area contributed by atoms with Crippen molar-refractivity contribution < 1.29 is 19.1 Å². The average Bonchev–Trinajstić information content (AvgIpc) is 3.21. The first-order valence-corrected chi connectivity index (χ1v) is 10.8. The largest absolute Gasteiger partial charge is 0.483 e. The second kappa shape index (κ2) is 10.6. The molecule has 0 spiro atoms. The Bertz CT molecular complexity index is 1020. The van der Waals surface area contributed by atoms with E-state index < -0.39 is 5.97 Å². The van der Waals surface area contributed by atoms with Gasteiger partial charge in [0.15, 0.2) is 17.1 Å². The van der Waals surface area contributed by atoms with E-state index in [1.807, 2.05) is 48.7 Å². The summed E-state index contributed by atoms with van der Waals surface area (Å²) in [6.07, 6.45) is -0.286. The molecule has 162 valence electrons. The van der Waals surface area contributed by atoms with E-state index in [-0.39, 0.29) is 17.8 Å². The number of aromatic nitrogens is 3. The highest BCUT2D eigenvalue weighted by Crippen LogP contribution is 2.24. The number of methoxy groups -OCH3 is 1. The zero-order chi connectivity index (χ0) is 22.2. The molecule has 0 bridgehead atoms. The average molecular weight is 441 g/mol. The summed E-state index contributed by atoms with van der Waals surface area (Å²) in [5.74, 6) is 1.02. The second-order valence-corrected chi connectivity index (χ2v) is 7.51. The number of hydrogen-bond acceptors (Lipinski definition) is 7. The SMILES string of the molecule is CCn1c(SCC(=O)Nc2ccc(C(=O)OC)cc2)nnc1[C@H](C)Oc1ccccc1. The van der Waals surface area contributed by atoms with Crippen LogP contribution in [0.4, 0.5) is 5.69 Å². The molecule has 0 aliphatic heterocycles. The molecular formula is C22H24N4O4S. The van der Waals surface area contributed by atoms with Crippen LogP contribution in [0.5, 0.6) is 5.75 Å². The van der Waals surface area contributed by atoms with Crippen LogP contribution in [0.15, 0.2) is 59.8 Å². The molecule has 0 saturated heterocycles. The monoisotopic (exact) mass is 440 g/mol. The van der Waals surface area contributed by atoms with E-state index in [0.29, 0.717) is 28.8 Å². The Hall–Kier alpha value is -3.33. The van der Waals surface area contributed by atoms with E-state index in [1.54, 1.807) is 24.3 Å². The van der Waals surface area contributed by atoms with E-state index in [1.165, 1.54) is 18.9 Å². The van der Waals surface area contributed by atoms with Gasteiger partial charge >= 0.3 is 5.97 Å². The van der Waals surface area contributed by atoms with Crippen LogP contribution in [-0.4, -0.2) is 39.5 Å². The third-order valence-corrected chi connectivity index (χ3v) is 5.37. The number of ether oxygens (including phenoxy) is 2. The number of rotatable bonds is 9. The Morgan fingerprint density at radius 2 is 1.81 bits per heavy atom. The van der Waals surface area contributed by atoms with Crippen molar-refractivity contribution in [2.45, 2.75) is 31.7 Å². The van der Waals surface area contributed by atoms with Crippen molar-refractivity contribution in [3.8, 4) is 5.75 Å². The van der Waals surface area contributed by atoms with E-state index in [2.05, 4.69) is 20.3 Å². The molecule has 0 aliphatic rings. The maximum atomic E-state index is 12.3. The molecule has 0 radical (unpaired) electrons. The highest BCUT2D eigenvalue weighted by molar-refractivity contribution is 7.99. The van der Waals surface area contributed by atoms with Gasteiger partial charge in [-0.3, -0.25) is 4.79 Å². The highest BCUT2D eigenvalue weighted by Gasteiger charge is 2.19. The van der Waals surface area contributed by atoms with Crippen LogP contribution in [0, 0.1) is 0 Å². The van der Waals surface area contributed by atoms with Crippen LogP contribution in [0.25, 0.3) is 0 Å². The van der Waals surface area contributed by atoms with Crippen molar-refractivity contribution in [2.24, 2.45) is 0 Å². The normalized spacial score (nSPS) is 11.6. The van der Waals surface area contributed by atoms with Crippen molar-refractivity contribution in [3.05, 3.63) is 66.0 Å². The van der Waals surface area contributed by atoms with Gasteiger partial charge in [0, 0.05) is 12.2 Å². The Morgan fingerprint density at radius 3 is 2.45 bits per heavy atom. The van der Waals surface area contributed by atoms with Gasteiger partial charge < -0.3 is 19.4 Å². The van der Waals surface area contributed by atoms with Crippen LogP contribution in [0.2, 0.25) is 0 Å². The molecule has 3 aromatic rings. The van der Waals surface area contributed by atoms with E-state index in [0.717, 1.165) is 5.75 Å². The lowest BCUT2D eigenvalue weighted by Gasteiger charge is -2.15. The number of nitrogens with one attached hydrogen (secondary N) is 1. The molecule has 31 heavy (non-hydrogen) atoms. The van der Waals surface area contributed by atoms with Crippen LogP contribution >= 0.6 is 11.8 Å². The minimum atomic E-state index is -0.423. The third kappa shape index (κ3) is 5.85. The summed E-state index contributed by atoms with van der Waals surface area (Å²) in [4.78, 5) is 23.8. The molecule has 1 atom stereocenters. The minimum Gasteiger partial charge on any atom is -0.483 e. The predicted octanol–water partition coefficient (Wildman–Crippen LogP) is 3.96. The standard InChI is InChI=1S/C22H24N4O4S/c1-4-26-20(15(2)30-18-8-6-5-7-9-18)24-25-22(26)31-14-19(27)23-17-12-10-16(11-13-17)21(28)29-3/h5-13,15H,4,14H2,1-3H3,(H,23,27)/t15-/m0/s1. The van der Waals surface area contributed by atoms with Gasteiger partial charge in [-0.05, 0) is 50.2 Å². The Kier molecular flexibility index (Phi) is 7.66. The molecule has 2 aromatic carbocycles. The van der Waals surface area contributed by atoms with Crippen LogP contribution in [0.3, 0.4) is 0 Å². The molecule has 0 fully saturated rings. The first kappa shape index (κ1) is 22.4. The smallest absolute Gasteiger partial charge is 0.337 e. The van der Waals surface area contributed by atoms with Crippen molar-refractivity contribution in [2.75, 3.05) is 18.2 Å². The van der Waals surface area contributed by atoms with Crippen LogP contribution in [-0.2, 0) is 16.1 Å². The van der Waals surface area contributed by atoms with Gasteiger partial charge in [0.2, 0.25) is 5.91 Å². The lowest BCUT2D eigenvalue weighted by atomic mass is 10.2. The van der Waals surface area contributed by atoms with Crippen molar-refractivity contribution in [1.82, 2.24) is 14.8 Å². The molecular weight excluding hydrogens is 416 g/mol. The second-order valence-electron chi connectivity index (χ2n) is 6.56. The fraction of sp³-hybridized carbons (Fsp3) is 0.273. The molecule has 1 aromatic heterocycles. The van der Waals surface area contributed by atoms with Gasteiger partial charge in [0.05, 0.1) is 18.4 Å². The van der Waals surface area contributed by atoms with Gasteiger partial charge in [0.1, 0.15) is 5.75 Å². The minimum absolute atomic E-state index is 0.171. The number of benzene rings is 2. The van der Waals surface area contributed by atoms with Gasteiger partial charge in [-0.15, -0.1) is 10.2 Å². The van der Waals surface area contributed by atoms with Gasteiger partial charge in [-0.2, -0.15) is 0 Å². The van der Waals surface area contributed by atoms with Gasteiger partial charge in [0.25, 0.3) is 0 Å². The van der Waals surface area contributed by atoms with Gasteiger partial charge in [-0.25, -0.2) is 4.79 Å². The first-order chi connectivity index (χ1) is 15.0. The van der Waals surface area contributed by atoms with Crippen molar-refractivity contribution in [3.63, 3.8) is 0 Å². The molecule has 9 heteroatoms. The quantitative estimate of drug-likeness (QED) is 0.397. The fourth-order valence-corrected chi connectivity index (χ4v) is 3.70. The maximum absolute atomic E-state index is 12.3. The summed E-state index contributed by atoms with van der Waals surface area (Å²) < 4.78 is 12.6. The number of para-hydroxylation sites is 1. The maximum Gasteiger partial charge on any atom is 0.337 e. The van der Waals surface area contributed by atoms with E-state index >= 15 is 0 Å². The summed E-state index contributed by atoms with van der Waals surface area (Å²) in [6.45, 7) is 4.57. The van der Waals surface area contributed by atoms with Crippen molar-refractivity contribution >= 4 is 29.3 Å². The number of esters is 1. The lowest BCUT2D eigenvalue weighted by Crippen LogP contribution is -2.15. The molecule has 1 N–H and O–H groups in total. The first-order valence-electron chi connectivity index (χ1n) is 9.77. The topological polar surface area (TPSA) is 95.3 Å². The summed E-state index contributed by atoms with van der Waals surface area (Å²) in [6, 6.07) is 16.0. The number of carbonyl (C=O) groups is 2. The summed E-state index contributed by atoms with van der Waals surface area (Å²) in [5.41, 5.74) is 1.02.